The number of benzene rings is 3. The summed E-state index contributed by atoms with van der Waals surface area (Å²) in [4.78, 5) is 12.5. The highest BCUT2D eigenvalue weighted by atomic mass is 35.5. The zero-order valence-corrected chi connectivity index (χ0v) is 14.0. The van der Waals surface area contributed by atoms with Crippen molar-refractivity contribution in [1.29, 1.82) is 0 Å². The van der Waals surface area contributed by atoms with E-state index in [2.05, 4.69) is 5.32 Å². The second kappa shape index (κ2) is 7.39. The molecule has 0 bridgehead atoms. The van der Waals surface area contributed by atoms with Crippen LogP contribution in [-0.2, 0) is 0 Å². The Kier molecular flexibility index (Phi) is 5.04. The molecule has 3 aromatic carbocycles. The minimum atomic E-state index is -0.394. The van der Waals surface area contributed by atoms with Crippen LogP contribution in [0.3, 0.4) is 0 Å². The maximum Gasteiger partial charge on any atom is 0.258 e. The predicted molar refractivity (Wildman–Crippen MR) is 97.4 cm³/mol. The summed E-state index contributed by atoms with van der Waals surface area (Å²) in [5, 5.41) is 3.38. The molecule has 0 unspecified atom stereocenters. The zero-order chi connectivity index (χ0) is 16.9. The minimum Gasteiger partial charge on any atom is -0.455 e. The highest BCUT2D eigenvalue weighted by molar-refractivity contribution is 6.40. The number of carbonyl (C=O) groups is 1. The summed E-state index contributed by atoms with van der Waals surface area (Å²) in [7, 11) is 0. The van der Waals surface area contributed by atoms with E-state index in [0.717, 1.165) is 0 Å². The smallest absolute Gasteiger partial charge is 0.258 e. The molecule has 0 atom stereocenters. The minimum absolute atomic E-state index is 0.232. The van der Waals surface area contributed by atoms with Crippen LogP contribution in [0, 0.1) is 0 Å². The van der Waals surface area contributed by atoms with E-state index in [9.17, 15) is 4.79 Å². The van der Waals surface area contributed by atoms with Gasteiger partial charge in [-0.3, -0.25) is 4.79 Å². The van der Waals surface area contributed by atoms with Crippen molar-refractivity contribution in [1.82, 2.24) is 0 Å². The molecule has 1 N–H and O–H groups in total. The molecular formula is C19H13Cl2NO2. The quantitative estimate of drug-likeness (QED) is 0.618. The van der Waals surface area contributed by atoms with Crippen molar-refractivity contribution in [2.75, 3.05) is 5.32 Å². The summed E-state index contributed by atoms with van der Waals surface area (Å²) >= 11 is 12.2. The van der Waals surface area contributed by atoms with E-state index in [-0.39, 0.29) is 5.56 Å². The first-order chi connectivity index (χ1) is 11.6. The molecule has 0 saturated carbocycles. The number of para-hydroxylation sites is 3. The van der Waals surface area contributed by atoms with Crippen molar-refractivity contribution in [3.63, 3.8) is 0 Å². The van der Waals surface area contributed by atoms with Crippen LogP contribution in [0.25, 0.3) is 0 Å². The van der Waals surface area contributed by atoms with Crippen molar-refractivity contribution < 1.29 is 9.53 Å². The molecule has 3 aromatic rings. The number of rotatable bonds is 4. The van der Waals surface area contributed by atoms with E-state index in [0.29, 0.717) is 27.2 Å². The Bertz CT molecular complexity index is 846. The van der Waals surface area contributed by atoms with E-state index in [1.807, 2.05) is 42.5 Å². The summed E-state index contributed by atoms with van der Waals surface area (Å²) in [5.74, 6) is 0.810. The van der Waals surface area contributed by atoms with Crippen molar-refractivity contribution >= 4 is 34.8 Å². The second-order valence-electron chi connectivity index (χ2n) is 4.96. The number of anilines is 1. The number of hydrogen-bond acceptors (Lipinski definition) is 2. The summed E-state index contributed by atoms with van der Waals surface area (Å²) in [5.41, 5.74) is 0.762. The Hall–Kier alpha value is -2.49. The standard InChI is InChI=1S/C19H13Cl2NO2/c20-14-9-6-10-15(21)18(14)19(23)22-16-11-4-5-12-17(16)24-13-7-2-1-3-8-13/h1-12H,(H,22,23). The molecule has 0 heterocycles. The summed E-state index contributed by atoms with van der Waals surface area (Å²) in [6, 6.07) is 21.4. The van der Waals surface area contributed by atoms with Crippen LogP contribution in [0.4, 0.5) is 5.69 Å². The van der Waals surface area contributed by atoms with E-state index in [1.54, 1.807) is 30.3 Å². The third-order valence-electron chi connectivity index (χ3n) is 3.30. The van der Waals surface area contributed by atoms with Gasteiger partial charge in [0.15, 0.2) is 5.75 Å². The summed E-state index contributed by atoms with van der Waals surface area (Å²) in [6.45, 7) is 0. The fourth-order valence-electron chi connectivity index (χ4n) is 2.17. The fraction of sp³-hybridized carbons (Fsp3) is 0. The number of halogens is 2. The number of hydrogen-bond donors (Lipinski definition) is 1. The first-order valence-corrected chi connectivity index (χ1v) is 7.98. The maximum atomic E-state index is 12.5. The van der Waals surface area contributed by atoms with Crippen LogP contribution in [0.15, 0.2) is 72.8 Å². The van der Waals surface area contributed by atoms with Crippen molar-refractivity contribution in [3.05, 3.63) is 88.4 Å². The molecular weight excluding hydrogens is 345 g/mol. The van der Waals surface area contributed by atoms with Crippen molar-refractivity contribution in [2.45, 2.75) is 0 Å². The Balaban J connectivity index is 1.87. The van der Waals surface area contributed by atoms with Gasteiger partial charge in [-0.25, -0.2) is 0 Å². The first kappa shape index (κ1) is 16.4. The van der Waals surface area contributed by atoms with Crippen LogP contribution in [-0.4, -0.2) is 5.91 Å². The summed E-state index contributed by atoms with van der Waals surface area (Å²) in [6.07, 6.45) is 0. The number of carbonyl (C=O) groups excluding carboxylic acids is 1. The van der Waals surface area contributed by atoms with E-state index < -0.39 is 5.91 Å². The molecule has 0 aliphatic carbocycles. The Labute approximate surface area is 149 Å². The van der Waals surface area contributed by atoms with Gasteiger partial charge < -0.3 is 10.1 Å². The highest BCUT2D eigenvalue weighted by Gasteiger charge is 2.16. The largest absolute Gasteiger partial charge is 0.455 e. The zero-order valence-electron chi connectivity index (χ0n) is 12.5. The van der Waals surface area contributed by atoms with Crippen molar-refractivity contribution in [2.24, 2.45) is 0 Å². The van der Waals surface area contributed by atoms with Gasteiger partial charge in [-0.2, -0.15) is 0 Å². The molecule has 1 amide bonds. The molecule has 3 rings (SSSR count). The fourth-order valence-corrected chi connectivity index (χ4v) is 2.74. The average molecular weight is 358 g/mol. The molecule has 24 heavy (non-hydrogen) atoms. The van der Waals surface area contributed by atoms with Gasteiger partial charge >= 0.3 is 0 Å². The maximum absolute atomic E-state index is 12.5. The van der Waals surface area contributed by atoms with Gasteiger partial charge in [-0.1, -0.05) is 59.6 Å². The third-order valence-corrected chi connectivity index (χ3v) is 3.93. The van der Waals surface area contributed by atoms with Crippen LogP contribution in [0.2, 0.25) is 10.0 Å². The molecule has 5 heteroatoms. The van der Waals surface area contributed by atoms with E-state index in [1.165, 1.54) is 0 Å². The monoisotopic (exact) mass is 357 g/mol. The van der Waals surface area contributed by atoms with Crippen LogP contribution < -0.4 is 10.1 Å². The highest BCUT2D eigenvalue weighted by Crippen LogP contribution is 2.31. The lowest BCUT2D eigenvalue weighted by Gasteiger charge is -2.13. The second-order valence-corrected chi connectivity index (χ2v) is 5.78. The van der Waals surface area contributed by atoms with Crippen LogP contribution in [0.1, 0.15) is 10.4 Å². The third kappa shape index (κ3) is 3.70. The molecule has 0 radical (unpaired) electrons. The van der Waals surface area contributed by atoms with Gasteiger partial charge in [0.05, 0.1) is 21.3 Å². The SMILES string of the molecule is O=C(Nc1ccccc1Oc1ccccc1)c1c(Cl)cccc1Cl. The van der Waals surface area contributed by atoms with Gasteiger partial charge in [0.1, 0.15) is 5.75 Å². The van der Waals surface area contributed by atoms with Gasteiger partial charge in [-0.15, -0.1) is 0 Å². The summed E-state index contributed by atoms with van der Waals surface area (Å²) < 4.78 is 5.83. The molecule has 0 aromatic heterocycles. The average Bonchev–Trinajstić information content (AvgIpc) is 2.57. The number of ether oxygens (including phenoxy) is 1. The first-order valence-electron chi connectivity index (χ1n) is 7.22. The molecule has 120 valence electrons. The van der Waals surface area contributed by atoms with Gasteiger partial charge in [-0.05, 0) is 36.4 Å². The topological polar surface area (TPSA) is 38.3 Å². The van der Waals surface area contributed by atoms with Crippen LogP contribution in [0.5, 0.6) is 11.5 Å². The molecule has 0 saturated heterocycles. The lowest BCUT2D eigenvalue weighted by molar-refractivity contribution is 0.102. The van der Waals surface area contributed by atoms with Gasteiger partial charge in [0.25, 0.3) is 5.91 Å². The molecule has 0 aliphatic heterocycles. The molecule has 0 aliphatic rings. The predicted octanol–water partition coefficient (Wildman–Crippen LogP) is 6.04. The van der Waals surface area contributed by atoms with E-state index >= 15 is 0 Å². The number of amides is 1. The number of nitrogens with one attached hydrogen (secondary N) is 1. The van der Waals surface area contributed by atoms with Gasteiger partial charge in [0.2, 0.25) is 0 Å². The van der Waals surface area contributed by atoms with E-state index in [4.69, 9.17) is 27.9 Å². The lowest BCUT2D eigenvalue weighted by Crippen LogP contribution is -2.13. The normalized spacial score (nSPS) is 10.2. The molecule has 0 fully saturated rings. The van der Waals surface area contributed by atoms with Gasteiger partial charge in [0, 0.05) is 0 Å². The van der Waals surface area contributed by atoms with Crippen LogP contribution >= 0.6 is 23.2 Å². The Morgan fingerprint density at radius 3 is 2.12 bits per heavy atom. The Morgan fingerprint density at radius 1 is 0.792 bits per heavy atom. The lowest BCUT2D eigenvalue weighted by atomic mass is 10.2. The molecule has 3 nitrogen and oxygen atoms in total. The van der Waals surface area contributed by atoms with Crippen molar-refractivity contribution in [3.8, 4) is 11.5 Å². The molecule has 0 spiro atoms. The Morgan fingerprint density at radius 2 is 1.42 bits per heavy atom.